The molecule has 2 heterocycles. The third kappa shape index (κ3) is 5.95. The number of anilines is 1. The van der Waals surface area contributed by atoms with Crippen molar-refractivity contribution in [1.82, 2.24) is 9.80 Å². The molecule has 3 rings (SSSR count). The molecule has 0 saturated carbocycles. The minimum atomic E-state index is -0.783. The molecule has 2 atom stereocenters. The Morgan fingerprint density at radius 2 is 1.62 bits per heavy atom. The zero-order valence-electron chi connectivity index (χ0n) is 17.1. The maximum atomic E-state index is 12.6. The summed E-state index contributed by atoms with van der Waals surface area (Å²) in [5, 5.41) is 2.85. The van der Waals surface area contributed by atoms with Gasteiger partial charge in [0.1, 0.15) is 0 Å². The molecule has 7 heteroatoms. The highest BCUT2D eigenvalue weighted by atomic mass is 16.5. The van der Waals surface area contributed by atoms with Crippen molar-refractivity contribution >= 4 is 23.6 Å². The smallest absolute Gasteiger partial charge is 0.321 e. The highest BCUT2D eigenvalue weighted by Crippen LogP contribution is 2.20. The van der Waals surface area contributed by atoms with E-state index in [2.05, 4.69) is 5.32 Å². The van der Waals surface area contributed by atoms with Crippen LogP contribution in [0.1, 0.15) is 45.4 Å². The van der Waals surface area contributed by atoms with Gasteiger partial charge in [-0.2, -0.15) is 0 Å². The first-order valence-electron chi connectivity index (χ1n) is 10.6. The lowest BCUT2D eigenvalue weighted by Gasteiger charge is -2.32. The van der Waals surface area contributed by atoms with Gasteiger partial charge in [-0.1, -0.05) is 31.0 Å². The molecule has 1 aromatic carbocycles. The summed E-state index contributed by atoms with van der Waals surface area (Å²) in [6.07, 6.45) is 4.90. The average Bonchev–Trinajstić information content (AvgIpc) is 3.03. The molecular formula is C22H31N3O4. The van der Waals surface area contributed by atoms with E-state index in [1.165, 1.54) is 0 Å². The molecule has 29 heavy (non-hydrogen) atoms. The molecule has 0 spiro atoms. The van der Waals surface area contributed by atoms with Crippen molar-refractivity contribution < 1.29 is 19.1 Å². The number of nitrogens with one attached hydrogen (secondary N) is 1. The summed E-state index contributed by atoms with van der Waals surface area (Å²) in [6, 6.07) is 9.02. The summed E-state index contributed by atoms with van der Waals surface area (Å²) < 4.78 is 5.50. The van der Waals surface area contributed by atoms with Crippen molar-refractivity contribution in [3.05, 3.63) is 30.3 Å². The number of benzene rings is 1. The van der Waals surface area contributed by atoms with Crippen LogP contribution in [0.2, 0.25) is 0 Å². The molecule has 0 aromatic heterocycles. The number of urea groups is 1. The average molecular weight is 402 g/mol. The monoisotopic (exact) mass is 401 g/mol. The van der Waals surface area contributed by atoms with Crippen LogP contribution in [0, 0.1) is 5.92 Å². The van der Waals surface area contributed by atoms with E-state index in [9.17, 15) is 14.4 Å². The highest BCUT2D eigenvalue weighted by molar-refractivity contribution is 5.90. The maximum Gasteiger partial charge on any atom is 0.321 e. The number of para-hydroxylation sites is 1. The van der Waals surface area contributed by atoms with Gasteiger partial charge in [-0.3, -0.25) is 9.59 Å². The Kier molecular flexibility index (Phi) is 7.49. The standard InChI is InChI=1S/C22H31N3O4/c1-17(20(26)24-13-7-2-3-8-14-24)29-21(27)18-10-9-15-25(16-18)22(28)23-19-11-5-4-6-12-19/h4-6,11-12,17-18H,2-3,7-10,13-16H2,1H3,(H,23,28). The van der Waals surface area contributed by atoms with Gasteiger partial charge in [-0.05, 0) is 44.7 Å². The number of nitrogens with zero attached hydrogens (tertiary/aromatic N) is 2. The van der Waals surface area contributed by atoms with Gasteiger partial charge in [0, 0.05) is 31.9 Å². The molecule has 7 nitrogen and oxygen atoms in total. The van der Waals surface area contributed by atoms with E-state index >= 15 is 0 Å². The lowest BCUT2D eigenvalue weighted by molar-refractivity contribution is -0.163. The molecule has 2 aliphatic heterocycles. The summed E-state index contributed by atoms with van der Waals surface area (Å²) in [5.41, 5.74) is 0.721. The number of likely N-dealkylation sites (tertiary alicyclic amines) is 2. The van der Waals surface area contributed by atoms with E-state index in [0.717, 1.165) is 50.9 Å². The molecule has 158 valence electrons. The Labute approximate surface area is 172 Å². The number of hydrogen-bond donors (Lipinski definition) is 1. The van der Waals surface area contributed by atoms with Crippen LogP contribution < -0.4 is 5.32 Å². The number of carbonyl (C=O) groups is 3. The Morgan fingerprint density at radius 3 is 2.31 bits per heavy atom. The molecular weight excluding hydrogens is 370 g/mol. The van der Waals surface area contributed by atoms with Gasteiger partial charge in [0.15, 0.2) is 6.10 Å². The van der Waals surface area contributed by atoms with E-state index in [1.807, 2.05) is 35.2 Å². The highest BCUT2D eigenvalue weighted by Gasteiger charge is 2.32. The molecule has 0 aliphatic carbocycles. The van der Waals surface area contributed by atoms with E-state index in [4.69, 9.17) is 4.74 Å². The molecule has 0 radical (unpaired) electrons. The van der Waals surface area contributed by atoms with Crippen LogP contribution in [0.5, 0.6) is 0 Å². The molecule has 2 saturated heterocycles. The zero-order chi connectivity index (χ0) is 20.6. The molecule has 1 aromatic rings. The summed E-state index contributed by atoms with van der Waals surface area (Å²) in [6.45, 7) is 4.02. The second-order valence-corrected chi connectivity index (χ2v) is 7.90. The lowest BCUT2D eigenvalue weighted by atomic mass is 9.98. The van der Waals surface area contributed by atoms with Gasteiger partial charge in [-0.15, -0.1) is 0 Å². The number of piperidine rings is 1. The third-order valence-electron chi connectivity index (χ3n) is 5.63. The van der Waals surface area contributed by atoms with Crippen molar-refractivity contribution in [2.75, 3.05) is 31.5 Å². The number of amides is 3. The SMILES string of the molecule is CC(OC(=O)C1CCCN(C(=O)Nc2ccccc2)C1)C(=O)N1CCCCCC1. The zero-order valence-corrected chi connectivity index (χ0v) is 17.1. The second kappa shape index (κ2) is 10.3. The van der Waals surface area contributed by atoms with Crippen molar-refractivity contribution in [3.63, 3.8) is 0 Å². The fourth-order valence-electron chi connectivity index (χ4n) is 3.95. The van der Waals surface area contributed by atoms with Crippen molar-refractivity contribution in [3.8, 4) is 0 Å². The molecule has 3 amide bonds. The number of esters is 1. The number of hydrogen-bond acceptors (Lipinski definition) is 4. The van der Waals surface area contributed by atoms with Crippen LogP contribution in [0.25, 0.3) is 0 Å². The number of ether oxygens (including phenoxy) is 1. The first kappa shape index (κ1) is 21.1. The van der Waals surface area contributed by atoms with Gasteiger partial charge in [-0.25, -0.2) is 4.79 Å². The summed E-state index contributed by atoms with van der Waals surface area (Å²) in [4.78, 5) is 41.2. The molecule has 2 fully saturated rings. The van der Waals surface area contributed by atoms with Gasteiger partial charge >= 0.3 is 12.0 Å². The molecule has 0 bridgehead atoms. The predicted molar refractivity (Wildman–Crippen MR) is 110 cm³/mol. The van der Waals surface area contributed by atoms with Crippen LogP contribution in [0.15, 0.2) is 30.3 Å². The third-order valence-corrected chi connectivity index (χ3v) is 5.63. The predicted octanol–water partition coefficient (Wildman–Crippen LogP) is 3.26. The van der Waals surface area contributed by atoms with Crippen LogP contribution in [0.4, 0.5) is 10.5 Å². The normalized spacial score (nSPS) is 21.1. The number of rotatable bonds is 4. The first-order valence-corrected chi connectivity index (χ1v) is 10.6. The summed E-state index contributed by atoms with van der Waals surface area (Å²) in [5.74, 6) is -0.905. The van der Waals surface area contributed by atoms with Crippen molar-refractivity contribution in [2.45, 2.75) is 51.6 Å². The van der Waals surface area contributed by atoms with E-state index in [1.54, 1.807) is 11.8 Å². The fraction of sp³-hybridized carbons (Fsp3) is 0.591. The molecule has 1 N–H and O–H groups in total. The molecule has 2 aliphatic rings. The van der Waals surface area contributed by atoms with Gasteiger partial charge < -0.3 is 19.9 Å². The molecule has 2 unspecified atom stereocenters. The first-order chi connectivity index (χ1) is 14.0. The Balaban J connectivity index is 1.50. The van der Waals surface area contributed by atoms with Crippen LogP contribution >= 0.6 is 0 Å². The Morgan fingerprint density at radius 1 is 0.966 bits per heavy atom. The Hall–Kier alpha value is -2.57. The van der Waals surface area contributed by atoms with E-state index in [0.29, 0.717) is 19.5 Å². The minimum absolute atomic E-state index is 0.116. The van der Waals surface area contributed by atoms with E-state index in [-0.39, 0.29) is 11.9 Å². The van der Waals surface area contributed by atoms with Crippen LogP contribution in [-0.4, -0.2) is 60.0 Å². The van der Waals surface area contributed by atoms with Gasteiger partial charge in [0.2, 0.25) is 0 Å². The van der Waals surface area contributed by atoms with Crippen molar-refractivity contribution in [1.29, 1.82) is 0 Å². The second-order valence-electron chi connectivity index (χ2n) is 7.90. The quantitative estimate of drug-likeness (QED) is 0.786. The largest absolute Gasteiger partial charge is 0.452 e. The Bertz CT molecular complexity index is 701. The van der Waals surface area contributed by atoms with Gasteiger partial charge in [0.05, 0.1) is 5.92 Å². The summed E-state index contributed by atoms with van der Waals surface area (Å²) in [7, 11) is 0. The topological polar surface area (TPSA) is 79.0 Å². The minimum Gasteiger partial charge on any atom is -0.452 e. The van der Waals surface area contributed by atoms with E-state index < -0.39 is 18.0 Å². The van der Waals surface area contributed by atoms with Gasteiger partial charge in [0.25, 0.3) is 5.91 Å². The van der Waals surface area contributed by atoms with Crippen molar-refractivity contribution in [2.24, 2.45) is 5.92 Å². The maximum absolute atomic E-state index is 12.6. The fourth-order valence-corrected chi connectivity index (χ4v) is 3.95. The lowest BCUT2D eigenvalue weighted by Crippen LogP contribution is -2.46. The number of carbonyl (C=O) groups excluding carboxylic acids is 3. The summed E-state index contributed by atoms with van der Waals surface area (Å²) >= 11 is 0. The van der Waals surface area contributed by atoms with Crippen LogP contribution in [0.3, 0.4) is 0 Å². The van der Waals surface area contributed by atoms with Crippen LogP contribution in [-0.2, 0) is 14.3 Å².